The molecular weight excluding hydrogens is 433 g/mol. The highest BCUT2D eigenvalue weighted by Gasteiger charge is 2.25. The van der Waals surface area contributed by atoms with Crippen molar-refractivity contribution in [2.45, 2.75) is 36.6 Å². The molecule has 1 amide bonds. The Morgan fingerprint density at radius 1 is 1.04 bits per heavy atom. The van der Waals surface area contributed by atoms with E-state index < -0.39 is 32.6 Å². The first kappa shape index (κ1) is 21.0. The van der Waals surface area contributed by atoms with Crippen molar-refractivity contribution in [3.63, 3.8) is 0 Å². The van der Waals surface area contributed by atoms with E-state index in [0.29, 0.717) is 0 Å². The van der Waals surface area contributed by atoms with Crippen LogP contribution in [0.4, 0.5) is 14.5 Å². The van der Waals surface area contributed by atoms with Gasteiger partial charge in [0.05, 0.1) is 10.0 Å². The third kappa shape index (κ3) is 4.63. The number of halogens is 4. The summed E-state index contributed by atoms with van der Waals surface area (Å²) in [6.07, 6.45) is 3.38. The van der Waals surface area contributed by atoms with Crippen LogP contribution < -0.4 is 10.0 Å². The Labute approximate surface area is 171 Å². The molecule has 0 atom stereocenters. The molecule has 0 radical (unpaired) electrons. The highest BCUT2D eigenvalue weighted by atomic mass is 35.5. The molecule has 0 unspecified atom stereocenters. The van der Waals surface area contributed by atoms with Crippen molar-refractivity contribution in [3.05, 3.63) is 57.6 Å². The molecule has 0 bridgehead atoms. The maximum absolute atomic E-state index is 13.4. The van der Waals surface area contributed by atoms with Crippen molar-refractivity contribution in [1.82, 2.24) is 4.72 Å². The van der Waals surface area contributed by atoms with E-state index >= 15 is 0 Å². The monoisotopic (exact) mass is 448 g/mol. The number of sulfonamides is 1. The van der Waals surface area contributed by atoms with Gasteiger partial charge in [-0.1, -0.05) is 36.0 Å². The van der Waals surface area contributed by atoms with E-state index in [1.165, 1.54) is 12.1 Å². The van der Waals surface area contributed by atoms with Gasteiger partial charge in [-0.2, -0.15) is 0 Å². The normalized spacial score (nSPS) is 15.0. The summed E-state index contributed by atoms with van der Waals surface area (Å²) >= 11 is 11.6. The van der Waals surface area contributed by atoms with Gasteiger partial charge in [-0.3, -0.25) is 4.79 Å². The zero-order chi connectivity index (χ0) is 20.5. The van der Waals surface area contributed by atoms with E-state index in [4.69, 9.17) is 23.2 Å². The molecule has 1 fully saturated rings. The minimum atomic E-state index is -3.91. The maximum Gasteiger partial charge on any atom is 0.255 e. The van der Waals surface area contributed by atoms with Gasteiger partial charge in [-0.15, -0.1) is 0 Å². The first-order valence-electron chi connectivity index (χ1n) is 8.45. The van der Waals surface area contributed by atoms with Gasteiger partial charge < -0.3 is 5.32 Å². The minimum absolute atomic E-state index is 0.0166. The Hall–Kier alpha value is -1.74. The van der Waals surface area contributed by atoms with Crippen LogP contribution in [0.3, 0.4) is 0 Å². The van der Waals surface area contributed by atoms with Crippen LogP contribution in [-0.2, 0) is 10.0 Å². The molecule has 5 nitrogen and oxygen atoms in total. The van der Waals surface area contributed by atoms with Crippen molar-refractivity contribution < 1.29 is 22.0 Å². The van der Waals surface area contributed by atoms with Gasteiger partial charge in [0.1, 0.15) is 4.90 Å². The SMILES string of the molecule is O=C(Nc1cc(F)c(F)c(Cl)c1)c1ccc(Cl)c(S(=O)(=O)NC2CCCC2)c1. The summed E-state index contributed by atoms with van der Waals surface area (Å²) in [4.78, 5) is 12.2. The van der Waals surface area contributed by atoms with Crippen LogP contribution in [0.2, 0.25) is 10.0 Å². The molecule has 150 valence electrons. The average Bonchev–Trinajstić information content (AvgIpc) is 3.12. The number of hydrogen-bond donors (Lipinski definition) is 2. The van der Waals surface area contributed by atoms with Gasteiger partial charge in [-0.25, -0.2) is 21.9 Å². The van der Waals surface area contributed by atoms with E-state index in [0.717, 1.165) is 43.9 Å². The quantitative estimate of drug-likeness (QED) is 0.648. The topological polar surface area (TPSA) is 75.3 Å². The maximum atomic E-state index is 13.4. The highest BCUT2D eigenvalue weighted by molar-refractivity contribution is 7.89. The molecule has 2 aromatic carbocycles. The van der Waals surface area contributed by atoms with Crippen molar-refractivity contribution in [2.75, 3.05) is 5.32 Å². The van der Waals surface area contributed by atoms with Crippen molar-refractivity contribution >= 4 is 44.8 Å². The largest absolute Gasteiger partial charge is 0.322 e. The summed E-state index contributed by atoms with van der Waals surface area (Å²) in [5.41, 5.74) is -0.0885. The molecule has 0 saturated heterocycles. The molecule has 2 aromatic rings. The second-order valence-corrected chi connectivity index (χ2v) is 8.95. The second kappa shape index (κ2) is 8.32. The number of benzene rings is 2. The molecule has 28 heavy (non-hydrogen) atoms. The van der Waals surface area contributed by atoms with Crippen molar-refractivity contribution in [1.29, 1.82) is 0 Å². The summed E-state index contributed by atoms with van der Waals surface area (Å²) in [7, 11) is -3.91. The third-order valence-corrected chi connectivity index (χ3v) is 6.68. The van der Waals surface area contributed by atoms with Crippen LogP contribution in [0.5, 0.6) is 0 Å². The molecule has 0 aliphatic heterocycles. The Morgan fingerprint density at radius 3 is 2.36 bits per heavy atom. The Balaban J connectivity index is 1.85. The molecule has 2 N–H and O–H groups in total. The van der Waals surface area contributed by atoms with Gasteiger partial charge >= 0.3 is 0 Å². The van der Waals surface area contributed by atoms with Gasteiger partial charge in [0, 0.05) is 23.4 Å². The summed E-state index contributed by atoms with van der Waals surface area (Å²) in [5.74, 6) is -3.17. The summed E-state index contributed by atoms with van der Waals surface area (Å²) in [6.45, 7) is 0. The number of anilines is 1. The molecule has 1 aliphatic carbocycles. The van der Waals surface area contributed by atoms with E-state index in [-0.39, 0.29) is 27.2 Å². The number of rotatable bonds is 5. The second-order valence-electron chi connectivity index (χ2n) is 6.46. The van der Waals surface area contributed by atoms with Crippen LogP contribution in [-0.4, -0.2) is 20.4 Å². The number of carbonyl (C=O) groups excluding carboxylic acids is 1. The van der Waals surface area contributed by atoms with E-state index in [2.05, 4.69) is 10.0 Å². The molecule has 10 heteroatoms. The lowest BCUT2D eigenvalue weighted by Gasteiger charge is -2.14. The molecule has 0 heterocycles. The van der Waals surface area contributed by atoms with Crippen LogP contribution in [0, 0.1) is 11.6 Å². The number of amides is 1. The summed E-state index contributed by atoms with van der Waals surface area (Å²) < 4.78 is 54.6. The molecule has 1 saturated carbocycles. The molecule has 1 aliphatic rings. The van der Waals surface area contributed by atoms with Gasteiger partial charge in [-0.05, 0) is 37.1 Å². The lowest BCUT2D eigenvalue weighted by atomic mass is 10.2. The van der Waals surface area contributed by atoms with E-state index in [1.54, 1.807) is 0 Å². The predicted molar refractivity (Wildman–Crippen MR) is 103 cm³/mol. The minimum Gasteiger partial charge on any atom is -0.322 e. The fraction of sp³-hybridized carbons (Fsp3) is 0.278. The average molecular weight is 449 g/mol. The van der Waals surface area contributed by atoms with Crippen molar-refractivity contribution in [2.24, 2.45) is 0 Å². The smallest absolute Gasteiger partial charge is 0.255 e. The van der Waals surface area contributed by atoms with Gasteiger partial charge in [0.2, 0.25) is 10.0 Å². The lowest BCUT2D eigenvalue weighted by molar-refractivity contribution is 0.102. The fourth-order valence-corrected chi connectivity index (χ4v) is 5.05. The third-order valence-electron chi connectivity index (χ3n) is 4.40. The number of hydrogen-bond acceptors (Lipinski definition) is 3. The lowest BCUT2D eigenvalue weighted by Crippen LogP contribution is -2.33. The Kier molecular flexibility index (Phi) is 6.24. The van der Waals surface area contributed by atoms with E-state index in [9.17, 15) is 22.0 Å². The standard InChI is InChI=1S/C18H16Cl2F2N2O3S/c19-13-6-5-10(7-16(13)28(26,27)24-11-3-1-2-4-11)18(25)23-12-8-14(20)17(22)15(21)9-12/h5-9,11,24H,1-4H2,(H,23,25). The number of carbonyl (C=O) groups is 1. The van der Waals surface area contributed by atoms with Crippen LogP contribution in [0.25, 0.3) is 0 Å². The first-order valence-corrected chi connectivity index (χ1v) is 10.7. The molecular formula is C18H16Cl2F2N2O3S. The zero-order valence-corrected chi connectivity index (χ0v) is 16.8. The van der Waals surface area contributed by atoms with Crippen LogP contribution in [0.1, 0.15) is 36.0 Å². The summed E-state index contributed by atoms with van der Waals surface area (Å²) in [5, 5.41) is 1.83. The zero-order valence-electron chi connectivity index (χ0n) is 14.4. The summed E-state index contributed by atoms with van der Waals surface area (Å²) in [6, 6.07) is 5.41. The predicted octanol–water partition coefficient (Wildman–Crippen LogP) is 4.74. The Bertz CT molecular complexity index is 1000. The highest BCUT2D eigenvalue weighted by Crippen LogP contribution is 2.27. The van der Waals surface area contributed by atoms with Crippen LogP contribution in [0.15, 0.2) is 35.2 Å². The van der Waals surface area contributed by atoms with Gasteiger partial charge in [0.25, 0.3) is 5.91 Å². The first-order chi connectivity index (χ1) is 13.2. The molecule has 0 spiro atoms. The fourth-order valence-electron chi connectivity index (χ4n) is 3.01. The Morgan fingerprint density at radius 2 is 1.71 bits per heavy atom. The molecule has 0 aromatic heterocycles. The van der Waals surface area contributed by atoms with Crippen molar-refractivity contribution in [3.8, 4) is 0 Å². The van der Waals surface area contributed by atoms with Gasteiger partial charge in [0.15, 0.2) is 11.6 Å². The molecule has 3 rings (SSSR count). The van der Waals surface area contributed by atoms with Crippen LogP contribution >= 0.6 is 23.2 Å². The number of nitrogens with one attached hydrogen (secondary N) is 2. The van der Waals surface area contributed by atoms with E-state index in [1.807, 2.05) is 0 Å².